The molecule has 0 radical (unpaired) electrons. The van der Waals surface area contributed by atoms with E-state index in [0.717, 1.165) is 25.3 Å². The molecule has 3 aliphatic rings. The second-order valence-corrected chi connectivity index (χ2v) is 14.5. The van der Waals surface area contributed by atoms with E-state index in [0.29, 0.717) is 44.4 Å². The molecule has 1 aliphatic heterocycles. The van der Waals surface area contributed by atoms with Crippen LogP contribution in [-0.4, -0.2) is 70.9 Å². The number of allylic oxidation sites excluding steroid dienone is 1. The Morgan fingerprint density at radius 3 is 2.56 bits per heavy atom. The number of carbonyl (C=O) groups excluding carboxylic acids is 3. The first-order valence-corrected chi connectivity index (χ1v) is 17.0. The summed E-state index contributed by atoms with van der Waals surface area (Å²) >= 11 is 6.88. The number of halogens is 2. The Hall–Kier alpha value is -3.84. The van der Waals surface area contributed by atoms with Gasteiger partial charge in [0.25, 0.3) is 0 Å². The van der Waals surface area contributed by atoms with E-state index in [1.807, 2.05) is 17.1 Å². The minimum atomic E-state index is -0.913. The van der Waals surface area contributed by atoms with E-state index >= 15 is 4.39 Å². The summed E-state index contributed by atoms with van der Waals surface area (Å²) in [6.45, 7) is 8.08. The zero-order chi connectivity index (χ0) is 34.9. The van der Waals surface area contributed by atoms with Crippen molar-refractivity contribution in [2.75, 3.05) is 24.5 Å². The predicted molar refractivity (Wildman–Crippen MR) is 182 cm³/mol. The van der Waals surface area contributed by atoms with Crippen LogP contribution in [0.4, 0.5) is 14.9 Å². The Morgan fingerprint density at radius 2 is 1.90 bits per heavy atom. The molecule has 0 spiro atoms. The lowest BCUT2D eigenvalue weighted by Crippen LogP contribution is -2.55. The molecular weight excluding hydrogens is 643 g/mol. The molecule has 3 amide bonds. The van der Waals surface area contributed by atoms with Crippen molar-refractivity contribution >= 4 is 46.1 Å². The van der Waals surface area contributed by atoms with Gasteiger partial charge >= 0.3 is 6.09 Å². The first-order chi connectivity index (χ1) is 22.7. The number of nitrogens with zero attached hydrogens (tertiary/aromatic N) is 2. The summed E-state index contributed by atoms with van der Waals surface area (Å²) in [5.74, 6) is -1.99. The van der Waals surface area contributed by atoms with Crippen LogP contribution in [0, 0.1) is 17.7 Å². The highest BCUT2D eigenvalue weighted by Gasteiger charge is 2.41. The van der Waals surface area contributed by atoms with E-state index in [9.17, 15) is 24.3 Å². The summed E-state index contributed by atoms with van der Waals surface area (Å²) < 4.78 is 22.8. The summed E-state index contributed by atoms with van der Waals surface area (Å²) in [6.07, 6.45) is 8.62. The van der Waals surface area contributed by atoms with Gasteiger partial charge in [-0.25, -0.2) is 9.18 Å². The number of anilines is 1. The van der Waals surface area contributed by atoms with Crippen LogP contribution >= 0.6 is 11.6 Å². The zero-order valence-corrected chi connectivity index (χ0v) is 28.6. The van der Waals surface area contributed by atoms with Gasteiger partial charge in [-0.1, -0.05) is 23.8 Å². The molecule has 1 saturated carbocycles. The second-order valence-electron chi connectivity index (χ2n) is 14.1. The van der Waals surface area contributed by atoms with E-state index in [2.05, 4.69) is 16.0 Å². The van der Waals surface area contributed by atoms with Crippen LogP contribution in [0.25, 0.3) is 10.9 Å². The summed E-state index contributed by atoms with van der Waals surface area (Å²) in [4.78, 5) is 53.6. The van der Waals surface area contributed by atoms with Crippen molar-refractivity contribution in [2.45, 2.75) is 96.0 Å². The molecule has 262 valence electrons. The van der Waals surface area contributed by atoms with Crippen molar-refractivity contribution in [3.05, 3.63) is 45.5 Å². The van der Waals surface area contributed by atoms with Crippen molar-refractivity contribution in [1.82, 2.24) is 20.5 Å². The van der Waals surface area contributed by atoms with Gasteiger partial charge in [0.15, 0.2) is 5.75 Å². The second kappa shape index (κ2) is 14.3. The lowest BCUT2D eigenvalue weighted by atomic mass is 9.82. The summed E-state index contributed by atoms with van der Waals surface area (Å²) in [7, 11) is 0. The average molecular weight is 689 g/mol. The molecule has 5 atom stereocenters. The van der Waals surface area contributed by atoms with Gasteiger partial charge in [-0.2, -0.15) is 0 Å². The fraction of sp³-hybridized carbons (Fsp3) is 0.588. The molecule has 48 heavy (non-hydrogen) atoms. The number of carbonyl (C=O) groups is 3. The quantitative estimate of drug-likeness (QED) is 0.175. The van der Waals surface area contributed by atoms with E-state index in [1.54, 1.807) is 32.3 Å². The maximum atomic E-state index is 15.7. The topological polar surface area (TPSA) is 168 Å². The molecule has 2 fully saturated rings. The van der Waals surface area contributed by atoms with Gasteiger partial charge in [0, 0.05) is 25.0 Å². The van der Waals surface area contributed by atoms with Crippen LogP contribution in [0.1, 0.15) is 72.3 Å². The van der Waals surface area contributed by atoms with E-state index < -0.39 is 52.6 Å². The SMILES string of the molecule is C[C@@H](NC(=O)[C@H](CCCCN)NC(=O)OC(C)(C)C)C(=O)NC1C=CCC2CN(c3c(F)cc4c(=O)c(O)cn(C5CC5)c4c3Cl)CC21. The third kappa shape index (κ3) is 7.89. The third-order valence-electron chi connectivity index (χ3n) is 9.17. The Balaban J connectivity index is 1.27. The minimum Gasteiger partial charge on any atom is -0.503 e. The smallest absolute Gasteiger partial charge is 0.408 e. The first-order valence-electron chi connectivity index (χ1n) is 16.7. The van der Waals surface area contributed by atoms with Gasteiger partial charge in [0.2, 0.25) is 17.2 Å². The maximum Gasteiger partial charge on any atom is 0.408 e. The summed E-state index contributed by atoms with van der Waals surface area (Å²) in [6, 6.07) is -0.973. The zero-order valence-electron chi connectivity index (χ0n) is 27.9. The molecule has 2 heterocycles. The number of hydrogen-bond donors (Lipinski definition) is 5. The Bertz CT molecular complexity index is 1650. The number of hydrogen-bond acceptors (Lipinski definition) is 8. The lowest BCUT2D eigenvalue weighted by Gasteiger charge is -2.30. The highest BCUT2D eigenvalue weighted by atomic mass is 35.5. The van der Waals surface area contributed by atoms with Gasteiger partial charge in [-0.15, -0.1) is 0 Å². The number of aromatic hydroxyl groups is 1. The Morgan fingerprint density at radius 1 is 1.17 bits per heavy atom. The number of fused-ring (bicyclic) bond motifs is 2. The van der Waals surface area contributed by atoms with Crippen LogP contribution in [0.5, 0.6) is 5.75 Å². The van der Waals surface area contributed by atoms with Crippen molar-refractivity contribution in [3.8, 4) is 5.75 Å². The number of alkyl carbamates (subject to hydrolysis) is 1. The number of unbranched alkanes of at least 4 members (excludes halogenated alkanes) is 1. The molecule has 2 aliphatic carbocycles. The van der Waals surface area contributed by atoms with Gasteiger partial charge in [0.1, 0.15) is 23.5 Å². The maximum absolute atomic E-state index is 15.7. The molecule has 12 nitrogen and oxygen atoms in total. The monoisotopic (exact) mass is 688 g/mol. The summed E-state index contributed by atoms with van der Waals surface area (Å²) in [5, 5.41) is 18.7. The van der Waals surface area contributed by atoms with Crippen molar-refractivity contribution in [1.29, 1.82) is 0 Å². The fourth-order valence-electron chi connectivity index (χ4n) is 6.66. The number of pyridine rings is 1. The number of ether oxygens (including phenoxy) is 1. The molecule has 5 rings (SSSR count). The van der Waals surface area contributed by atoms with Crippen LogP contribution in [0.2, 0.25) is 5.02 Å². The lowest BCUT2D eigenvalue weighted by molar-refractivity contribution is -0.130. The van der Waals surface area contributed by atoms with E-state index in [-0.39, 0.29) is 40.0 Å². The van der Waals surface area contributed by atoms with E-state index in [4.69, 9.17) is 22.1 Å². The number of nitrogens with two attached hydrogens (primary N) is 1. The van der Waals surface area contributed by atoms with Crippen LogP contribution < -0.4 is 32.0 Å². The predicted octanol–water partition coefficient (Wildman–Crippen LogP) is 3.86. The molecule has 14 heteroatoms. The number of rotatable bonds is 11. The first kappa shape index (κ1) is 35.5. The number of benzene rings is 1. The van der Waals surface area contributed by atoms with Gasteiger partial charge < -0.3 is 41.0 Å². The van der Waals surface area contributed by atoms with Crippen LogP contribution in [-0.2, 0) is 14.3 Å². The normalized spacial score (nSPS) is 21.8. The fourth-order valence-corrected chi connectivity index (χ4v) is 7.07. The molecule has 1 aromatic carbocycles. The molecule has 2 aromatic rings. The Labute approximate surface area is 284 Å². The highest BCUT2D eigenvalue weighted by molar-refractivity contribution is 6.38. The van der Waals surface area contributed by atoms with E-state index in [1.165, 1.54) is 6.20 Å². The molecular formula is C34H46ClFN6O6. The van der Waals surface area contributed by atoms with Crippen molar-refractivity contribution < 1.29 is 28.6 Å². The Kier molecular flexibility index (Phi) is 10.6. The van der Waals surface area contributed by atoms with Crippen molar-refractivity contribution in [3.63, 3.8) is 0 Å². The molecule has 3 unspecified atom stereocenters. The van der Waals surface area contributed by atoms with Gasteiger partial charge in [-0.05, 0) is 84.7 Å². The van der Waals surface area contributed by atoms with Crippen molar-refractivity contribution in [2.24, 2.45) is 17.6 Å². The van der Waals surface area contributed by atoms with Crippen LogP contribution in [0.3, 0.4) is 0 Å². The van der Waals surface area contributed by atoms with Gasteiger partial charge in [-0.3, -0.25) is 14.4 Å². The molecule has 6 N–H and O–H groups in total. The molecule has 0 bridgehead atoms. The number of amides is 3. The highest BCUT2D eigenvalue weighted by Crippen LogP contribution is 2.45. The standard InChI is InChI=1S/C34H46ClFN6O6/c1-18(38-32(46)25(9-5-6-13-37)40-33(47)48-34(2,3)4)31(45)39-24-10-7-8-19-15-41(16-22(19)24)29-23(36)14-21-28(27(29)35)42(20-11-12-20)17-26(43)30(21)44/h7,10,14,17-20,22,24-25,43H,5-6,8-9,11-13,15-16,37H2,1-4H3,(H,38,46)(H,39,45)(H,40,47)/t18-,19?,22?,24?,25+/m1/s1. The number of nitrogens with one attached hydrogen (secondary N) is 3. The largest absolute Gasteiger partial charge is 0.503 e. The third-order valence-corrected chi connectivity index (χ3v) is 9.53. The average Bonchev–Trinajstić information content (AvgIpc) is 3.76. The van der Waals surface area contributed by atoms with Crippen LogP contribution in [0.15, 0.2) is 29.2 Å². The van der Waals surface area contributed by atoms with Gasteiger partial charge in [0.05, 0.1) is 33.9 Å². The number of aromatic nitrogens is 1. The molecule has 1 aromatic heterocycles. The molecule has 1 saturated heterocycles. The minimum absolute atomic E-state index is 0.0375. The summed E-state index contributed by atoms with van der Waals surface area (Å²) in [5.41, 5.74) is 4.80.